The van der Waals surface area contributed by atoms with Gasteiger partial charge in [-0.05, 0) is 36.8 Å². The summed E-state index contributed by atoms with van der Waals surface area (Å²) in [5.41, 5.74) is 1.53. The molecule has 1 heterocycles. The maximum absolute atomic E-state index is 11.5. The maximum atomic E-state index is 11.5. The van der Waals surface area contributed by atoms with Gasteiger partial charge in [0.05, 0.1) is 10.0 Å². The van der Waals surface area contributed by atoms with Crippen LogP contribution in [0.3, 0.4) is 0 Å². The van der Waals surface area contributed by atoms with Crippen molar-refractivity contribution in [2.75, 3.05) is 0 Å². The van der Waals surface area contributed by atoms with Crippen LogP contribution in [0.1, 0.15) is 11.1 Å². The quantitative estimate of drug-likeness (QED) is 0.443. The van der Waals surface area contributed by atoms with Crippen molar-refractivity contribution in [2.45, 2.75) is 13.5 Å². The SMILES string of the molecule is Cc1cc(=O)oc2cc(OCc3c(Cl)ccc(Cl)c3Cl)ccc12. The minimum absolute atomic E-state index is 0.153. The maximum Gasteiger partial charge on any atom is 0.336 e. The van der Waals surface area contributed by atoms with Gasteiger partial charge in [0, 0.05) is 28.1 Å². The molecule has 23 heavy (non-hydrogen) atoms. The minimum Gasteiger partial charge on any atom is -0.489 e. The number of fused-ring (bicyclic) bond motifs is 1. The molecule has 0 atom stereocenters. The van der Waals surface area contributed by atoms with E-state index >= 15 is 0 Å². The van der Waals surface area contributed by atoms with Gasteiger partial charge in [-0.3, -0.25) is 0 Å². The Morgan fingerprint density at radius 2 is 1.78 bits per heavy atom. The Bertz CT molecular complexity index is 948. The lowest BCUT2D eigenvalue weighted by Gasteiger charge is -2.11. The predicted octanol–water partition coefficient (Wildman–Crippen LogP) is 5.64. The van der Waals surface area contributed by atoms with Gasteiger partial charge in [-0.15, -0.1) is 0 Å². The summed E-state index contributed by atoms with van der Waals surface area (Å²) < 4.78 is 10.9. The molecule has 3 aromatic rings. The Hall–Kier alpha value is -1.68. The van der Waals surface area contributed by atoms with Crippen molar-refractivity contribution in [1.29, 1.82) is 0 Å². The second kappa shape index (κ2) is 6.44. The summed E-state index contributed by atoms with van der Waals surface area (Å²) in [6.07, 6.45) is 0. The molecule has 3 rings (SSSR count). The summed E-state index contributed by atoms with van der Waals surface area (Å²) in [7, 11) is 0. The summed E-state index contributed by atoms with van der Waals surface area (Å²) in [5.74, 6) is 0.540. The topological polar surface area (TPSA) is 39.4 Å². The number of rotatable bonds is 3. The van der Waals surface area contributed by atoms with Gasteiger partial charge >= 0.3 is 5.63 Å². The fourth-order valence-corrected chi connectivity index (χ4v) is 2.91. The first-order chi connectivity index (χ1) is 11.0. The molecule has 0 spiro atoms. The molecule has 0 bridgehead atoms. The molecule has 0 aliphatic carbocycles. The van der Waals surface area contributed by atoms with Gasteiger partial charge in [0.15, 0.2) is 0 Å². The zero-order chi connectivity index (χ0) is 16.6. The highest BCUT2D eigenvalue weighted by atomic mass is 35.5. The van der Waals surface area contributed by atoms with Crippen LogP contribution in [-0.4, -0.2) is 0 Å². The van der Waals surface area contributed by atoms with Crippen molar-refractivity contribution >= 4 is 45.8 Å². The van der Waals surface area contributed by atoms with E-state index in [0.717, 1.165) is 10.9 Å². The Kier molecular flexibility index (Phi) is 4.53. The van der Waals surface area contributed by atoms with E-state index < -0.39 is 5.63 Å². The fourth-order valence-electron chi connectivity index (χ4n) is 2.25. The van der Waals surface area contributed by atoms with E-state index in [2.05, 4.69) is 0 Å². The van der Waals surface area contributed by atoms with Gasteiger partial charge in [-0.2, -0.15) is 0 Å². The first-order valence-corrected chi connectivity index (χ1v) is 7.89. The van der Waals surface area contributed by atoms with E-state index in [1.54, 1.807) is 24.3 Å². The molecule has 0 aliphatic rings. The van der Waals surface area contributed by atoms with Gasteiger partial charge in [-0.25, -0.2) is 4.79 Å². The normalized spacial score (nSPS) is 11.0. The number of ether oxygens (including phenoxy) is 1. The third-order valence-electron chi connectivity index (χ3n) is 3.44. The molecule has 0 unspecified atom stereocenters. The van der Waals surface area contributed by atoms with Crippen molar-refractivity contribution in [3.8, 4) is 5.75 Å². The Balaban J connectivity index is 1.91. The van der Waals surface area contributed by atoms with E-state index in [-0.39, 0.29) is 6.61 Å². The number of hydrogen-bond donors (Lipinski definition) is 0. The molecule has 0 amide bonds. The molecule has 2 aromatic carbocycles. The van der Waals surface area contributed by atoms with Crippen molar-refractivity contribution in [1.82, 2.24) is 0 Å². The molecular weight excluding hydrogens is 359 g/mol. The van der Waals surface area contributed by atoms with Crippen LogP contribution in [-0.2, 0) is 6.61 Å². The zero-order valence-electron chi connectivity index (χ0n) is 12.0. The van der Waals surface area contributed by atoms with Crippen LogP contribution in [0.25, 0.3) is 11.0 Å². The largest absolute Gasteiger partial charge is 0.489 e. The molecule has 3 nitrogen and oxygen atoms in total. The highest BCUT2D eigenvalue weighted by Gasteiger charge is 2.11. The molecule has 0 N–H and O–H groups in total. The minimum atomic E-state index is -0.395. The lowest BCUT2D eigenvalue weighted by molar-refractivity contribution is 0.306. The van der Waals surface area contributed by atoms with Crippen molar-refractivity contribution in [2.24, 2.45) is 0 Å². The lowest BCUT2D eigenvalue weighted by atomic mass is 10.1. The van der Waals surface area contributed by atoms with Crippen molar-refractivity contribution in [3.63, 3.8) is 0 Å². The fraction of sp³-hybridized carbons (Fsp3) is 0.118. The van der Waals surface area contributed by atoms with Crippen LogP contribution in [0.2, 0.25) is 15.1 Å². The number of hydrogen-bond acceptors (Lipinski definition) is 3. The number of halogens is 3. The summed E-state index contributed by atoms with van der Waals surface area (Å²) >= 11 is 18.3. The van der Waals surface area contributed by atoms with Crippen LogP contribution in [0.5, 0.6) is 5.75 Å². The van der Waals surface area contributed by atoms with E-state index in [1.807, 2.05) is 13.0 Å². The van der Waals surface area contributed by atoms with E-state index in [4.69, 9.17) is 44.0 Å². The zero-order valence-corrected chi connectivity index (χ0v) is 14.3. The van der Waals surface area contributed by atoms with Crippen LogP contribution in [0, 0.1) is 6.92 Å². The summed E-state index contributed by atoms with van der Waals surface area (Å²) in [6.45, 7) is 2.01. The third kappa shape index (κ3) is 3.32. The van der Waals surface area contributed by atoms with Gasteiger partial charge in [0.1, 0.15) is 17.9 Å². The summed E-state index contributed by atoms with van der Waals surface area (Å²) in [6, 6.07) is 10.0. The van der Waals surface area contributed by atoms with Gasteiger partial charge in [-0.1, -0.05) is 34.8 Å². The lowest BCUT2D eigenvalue weighted by Crippen LogP contribution is -2.00. The predicted molar refractivity (Wildman–Crippen MR) is 93.0 cm³/mol. The molecule has 6 heteroatoms. The van der Waals surface area contributed by atoms with Gasteiger partial charge in [0.2, 0.25) is 0 Å². The van der Waals surface area contributed by atoms with Gasteiger partial charge in [0.25, 0.3) is 0 Å². The Morgan fingerprint density at radius 1 is 1.04 bits per heavy atom. The number of benzene rings is 2. The average molecular weight is 370 g/mol. The second-order valence-electron chi connectivity index (χ2n) is 5.02. The van der Waals surface area contributed by atoms with E-state index in [9.17, 15) is 4.79 Å². The second-order valence-corrected chi connectivity index (χ2v) is 6.21. The molecular formula is C17H11Cl3O3. The molecule has 0 saturated carbocycles. The highest BCUT2D eigenvalue weighted by molar-refractivity contribution is 6.44. The highest BCUT2D eigenvalue weighted by Crippen LogP contribution is 2.32. The van der Waals surface area contributed by atoms with E-state index in [1.165, 1.54) is 6.07 Å². The van der Waals surface area contributed by atoms with Gasteiger partial charge < -0.3 is 9.15 Å². The first-order valence-electron chi connectivity index (χ1n) is 6.75. The smallest absolute Gasteiger partial charge is 0.336 e. The summed E-state index contributed by atoms with van der Waals surface area (Å²) in [5, 5.41) is 2.11. The molecule has 0 aliphatic heterocycles. The molecule has 0 fully saturated rings. The molecule has 118 valence electrons. The number of aryl methyl sites for hydroxylation is 1. The average Bonchev–Trinajstić information content (AvgIpc) is 2.50. The summed E-state index contributed by atoms with van der Waals surface area (Å²) in [4.78, 5) is 11.5. The Morgan fingerprint density at radius 3 is 2.57 bits per heavy atom. The Labute approximate surface area is 147 Å². The van der Waals surface area contributed by atoms with Crippen LogP contribution in [0.15, 0.2) is 45.6 Å². The van der Waals surface area contributed by atoms with Crippen LogP contribution in [0.4, 0.5) is 0 Å². The van der Waals surface area contributed by atoms with Crippen LogP contribution < -0.4 is 10.4 Å². The monoisotopic (exact) mass is 368 g/mol. The standard InChI is InChI=1S/C17H11Cl3O3/c1-9-6-16(21)23-15-7-10(2-3-11(9)15)22-8-12-13(18)4-5-14(19)17(12)20/h2-7H,8H2,1H3. The van der Waals surface area contributed by atoms with E-state index in [0.29, 0.717) is 32.0 Å². The van der Waals surface area contributed by atoms with Crippen molar-refractivity contribution < 1.29 is 9.15 Å². The molecule has 0 saturated heterocycles. The van der Waals surface area contributed by atoms with Crippen LogP contribution >= 0.6 is 34.8 Å². The molecule has 0 radical (unpaired) electrons. The third-order valence-corrected chi connectivity index (χ3v) is 4.64. The van der Waals surface area contributed by atoms with Crippen molar-refractivity contribution in [3.05, 3.63) is 73.0 Å². The first kappa shape index (κ1) is 16.2. The molecule has 1 aromatic heterocycles.